The van der Waals surface area contributed by atoms with E-state index in [0.29, 0.717) is 6.54 Å². The topological polar surface area (TPSA) is 57.7 Å². The van der Waals surface area contributed by atoms with Gasteiger partial charge in [0.25, 0.3) is 0 Å². The van der Waals surface area contributed by atoms with Gasteiger partial charge in [-0.1, -0.05) is 43.2 Å². The third kappa shape index (κ3) is 3.27. The van der Waals surface area contributed by atoms with Gasteiger partial charge in [-0.25, -0.2) is 0 Å². The predicted octanol–water partition coefficient (Wildman–Crippen LogP) is 3.79. The summed E-state index contributed by atoms with van der Waals surface area (Å²) in [7, 11) is 0. The highest BCUT2D eigenvalue weighted by molar-refractivity contribution is 7.10. The molecule has 1 aromatic heterocycles. The molecule has 5 nitrogen and oxygen atoms in total. The molecule has 3 heterocycles. The zero-order valence-corrected chi connectivity index (χ0v) is 17.8. The average molecular weight is 423 g/mol. The number of nitrogens with zero attached hydrogens (tertiary/aromatic N) is 2. The van der Waals surface area contributed by atoms with Crippen LogP contribution in [0.2, 0.25) is 0 Å². The highest BCUT2D eigenvalue weighted by Crippen LogP contribution is 2.39. The number of hydrogen-bond acceptors (Lipinski definition) is 4. The zero-order valence-electron chi connectivity index (χ0n) is 17.0. The first-order chi connectivity index (χ1) is 14.6. The van der Waals surface area contributed by atoms with Gasteiger partial charge in [-0.15, -0.1) is 11.3 Å². The van der Waals surface area contributed by atoms with Crippen LogP contribution in [0.4, 0.5) is 0 Å². The maximum atomic E-state index is 13.3. The molecule has 3 atom stereocenters. The van der Waals surface area contributed by atoms with Crippen molar-refractivity contribution in [2.24, 2.45) is 11.8 Å². The van der Waals surface area contributed by atoms with Crippen LogP contribution in [0.3, 0.4) is 0 Å². The van der Waals surface area contributed by atoms with E-state index >= 15 is 0 Å². The number of thiophene rings is 1. The number of fused-ring (bicyclic) bond motifs is 2. The van der Waals surface area contributed by atoms with Gasteiger partial charge >= 0.3 is 0 Å². The Bertz CT molecular complexity index is 946. The number of likely N-dealkylation sites (tertiary alicyclic amines) is 1. The average Bonchev–Trinajstić information content (AvgIpc) is 3.35. The van der Waals surface area contributed by atoms with Crippen LogP contribution in [0.1, 0.15) is 54.1 Å². The Hall–Kier alpha value is -2.47. The van der Waals surface area contributed by atoms with Crippen molar-refractivity contribution in [2.75, 3.05) is 13.1 Å². The van der Waals surface area contributed by atoms with Gasteiger partial charge in [0, 0.05) is 24.4 Å². The largest absolute Gasteiger partial charge is 0.331 e. The first kappa shape index (κ1) is 19.5. The molecule has 0 spiro atoms. The summed E-state index contributed by atoms with van der Waals surface area (Å²) in [5, 5.41) is 2.10. The minimum atomic E-state index is -0.151. The molecule has 1 aromatic carbocycles. The van der Waals surface area contributed by atoms with Crippen molar-refractivity contribution in [2.45, 2.75) is 44.6 Å². The maximum absolute atomic E-state index is 13.3. The number of benzene rings is 1. The van der Waals surface area contributed by atoms with Crippen molar-refractivity contribution in [3.05, 3.63) is 57.8 Å². The number of carbonyl (C=O) groups is 3. The zero-order chi connectivity index (χ0) is 20.7. The molecular weight excluding hydrogens is 396 g/mol. The molecule has 2 fully saturated rings. The molecule has 30 heavy (non-hydrogen) atoms. The molecule has 0 radical (unpaired) electrons. The third-order valence-electron chi connectivity index (χ3n) is 6.88. The van der Waals surface area contributed by atoms with Gasteiger partial charge in [0.05, 0.1) is 17.9 Å². The summed E-state index contributed by atoms with van der Waals surface area (Å²) in [6, 6.07) is 12.1. The maximum Gasteiger partial charge on any atom is 0.233 e. The molecule has 2 aliphatic heterocycles. The molecule has 1 saturated heterocycles. The second-order valence-corrected chi connectivity index (χ2v) is 9.53. The lowest BCUT2D eigenvalue weighted by Gasteiger charge is -2.36. The quantitative estimate of drug-likeness (QED) is 0.705. The lowest BCUT2D eigenvalue weighted by Crippen LogP contribution is -2.42. The van der Waals surface area contributed by atoms with E-state index in [1.165, 1.54) is 15.3 Å². The van der Waals surface area contributed by atoms with Crippen LogP contribution in [0.15, 0.2) is 41.8 Å². The molecule has 3 amide bonds. The molecule has 1 saturated carbocycles. The van der Waals surface area contributed by atoms with Crippen molar-refractivity contribution >= 4 is 29.1 Å². The molecule has 2 aromatic rings. The SMILES string of the molecule is O=C1[C@H]2CCCC[C@H]2C(=O)N1CCC(=O)N1CCc2sccc2[C@@H]1c1ccccc1. The molecule has 6 heteroatoms. The minimum Gasteiger partial charge on any atom is -0.331 e. The third-order valence-corrected chi connectivity index (χ3v) is 7.88. The lowest BCUT2D eigenvalue weighted by molar-refractivity contribution is -0.141. The van der Waals surface area contributed by atoms with Crippen molar-refractivity contribution in [3.8, 4) is 0 Å². The van der Waals surface area contributed by atoms with Gasteiger partial charge in [0.15, 0.2) is 0 Å². The second-order valence-electron chi connectivity index (χ2n) is 8.53. The fraction of sp³-hybridized carbons (Fsp3) is 0.458. The number of imide groups is 1. The summed E-state index contributed by atoms with van der Waals surface area (Å²) in [5.74, 6) is -0.411. The molecule has 0 unspecified atom stereocenters. The normalized spacial score (nSPS) is 25.9. The molecule has 3 aliphatic rings. The van der Waals surface area contributed by atoms with E-state index in [2.05, 4.69) is 23.6 Å². The van der Waals surface area contributed by atoms with Crippen molar-refractivity contribution < 1.29 is 14.4 Å². The molecule has 1 aliphatic carbocycles. The Morgan fingerprint density at radius 2 is 1.70 bits per heavy atom. The minimum absolute atomic E-state index is 0.0103. The highest BCUT2D eigenvalue weighted by atomic mass is 32.1. The van der Waals surface area contributed by atoms with Crippen LogP contribution < -0.4 is 0 Å². The number of hydrogen-bond donors (Lipinski definition) is 0. The van der Waals surface area contributed by atoms with E-state index in [-0.39, 0.29) is 48.6 Å². The summed E-state index contributed by atoms with van der Waals surface area (Å²) in [6.45, 7) is 0.872. The molecule has 156 valence electrons. The molecule has 0 bridgehead atoms. The van der Waals surface area contributed by atoms with E-state index in [1.807, 2.05) is 23.1 Å². The Morgan fingerprint density at radius 1 is 1.00 bits per heavy atom. The van der Waals surface area contributed by atoms with Crippen molar-refractivity contribution in [1.82, 2.24) is 9.80 Å². The van der Waals surface area contributed by atoms with Crippen LogP contribution in [-0.2, 0) is 20.8 Å². The van der Waals surface area contributed by atoms with Crippen LogP contribution in [0, 0.1) is 11.8 Å². The Labute approximate surface area is 180 Å². The van der Waals surface area contributed by atoms with Gasteiger partial charge in [-0.3, -0.25) is 19.3 Å². The van der Waals surface area contributed by atoms with Crippen LogP contribution >= 0.6 is 11.3 Å². The summed E-state index contributed by atoms with van der Waals surface area (Å²) in [6.07, 6.45) is 4.70. The van der Waals surface area contributed by atoms with E-state index in [4.69, 9.17) is 0 Å². The fourth-order valence-electron chi connectivity index (χ4n) is 5.38. The van der Waals surface area contributed by atoms with Crippen LogP contribution in [0.5, 0.6) is 0 Å². The predicted molar refractivity (Wildman–Crippen MR) is 115 cm³/mol. The van der Waals surface area contributed by atoms with Crippen molar-refractivity contribution in [1.29, 1.82) is 0 Å². The highest BCUT2D eigenvalue weighted by Gasteiger charge is 2.48. The standard InChI is InChI=1S/C24H26N2O3S/c27-21(11-14-26-23(28)17-8-4-5-9-18(17)24(26)29)25-13-10-20-19(12-15-30-20)22(25)16-6-2-1-3-7-16/h1-3,6-7,12,15,17-18,22H,4-5,8-11,13-14H2/t17-,18+,22-/m0/s1. The Balaban J connectivity index is 1.33. The molecular formula is C24H26N2O3S. The van der Waals surface area contributed by atoms with Gasteiger partial charge < -0.3 is 4.90 Å². The van der Waals surface area contributed by atoms with E-state index in [1.54, 1.807) is 11.3 Å². The lowest BCUT2D eigenvalue weighted by atomic mass is 9.81. The summed E-state index contributed by atoms with van der Waals surface area (Å²) < 4.78 is 0. The second kappa shape index (κ2) is 7.99. The van der Waals surface area contributed by atoms with Crippen LogP contribution in [-0.4, -0.2) is 40.6 Å². The first-order valence-electron chi connectivity index (χ1n) is 10.9. The van der Waals surface area contributed by atoms with Gasteiger partial charge in [0.1, 0.15) is 0 Å². The van der Waals surface area contributed by atoms with Crippen molar-refractivity contribution in [3.63, 3.8) is 0 Å². The van der Waals surface area contributed by atoms with Crippen LogP contribution in [0.25, 0.3) is 0 Å². The summed E-state index contributed by atoms with van der Waals surface area (Å²) in [5.41, 5.74) is 2.30. The Morgan fingerprint density at radius 3 is 2.40 bits per heavy atom. The first-order valence-corrected chi connectivity index (χ1v) is 11.8. The number of amides is 3. The fourth-order valence-corrected chi connectivity index (χ4v) is 6.29. The summed E-state index contributed by atoms with van der Waals surface area (Å²) in [4.78, 5) is 43.4. The number of carbonyl (C=O) groups excluding carboxylic acids is 3. The van der Waals surface area contributed by atoms with E-state index in [9.17, 15) is 14.4 Å². The van der Waals surface area contributed by atoms with E-state index < -0.39 is 0 Å². The monoisotopic (exact) mass is 422 g/mol. The Kier molecular flexibility index (Phi) is 5.19. The van der Waals surface area contributed by atoms with E-state index in [0.717, 1.165) is 37.7 Å². The number of rotatable bonds is 4. The smallest absolute Gasteiger partial charge is 0.233 e. The van der Waals surface area contributed by atoms with Gasteiger partial charge in [-0.05, 0) is 41.8 Å². The summed E-state index contributed by atoms with van der Waals surface area (Å²) >= 11 is 1.75. The van der Waals surface area contributed by atoms with Gasteiger partial charge in [0.2, 0.25) is 17.7 Å². The van der Waals surface area contributed by atoms with Gasteiger partial charge in [-0.2, -0.15) is 0 Å². The molecule has 0 N–H and O–H groups in total. The molecule has 5 rings (SSSR count).